The number of fused-ring (bicyclic) bond motifs is 2. The predicted molar refractivity (Wildman–Crippen MR) is 161 cm³/mol. The molecule has 0 spiro atoms. The molecule has 0 amide bonds. The van der Waals surface area contributed by atoms with Gasteiger partial charge in [0, 0.05) is 22.3 Å². The van der Waals surface area contributed by atoms with Crippen molar-refractivity contribution in [1.82, 2.24) is 0 Å². The van der Waals surface area contributed by atoms with Crippen molar-refractivity contribution < 1.29 is 49.7 Å². The maximum absolute atomic E-state index is 13.8. The van der Waals surface area contributed by atoms with E-state index in [1.165, 1.54) is 37.3 Å². The number of hydrogen-bond acceptors (Lipinski definition) is 2. The molecule has 0 aliphatic carbocycles. The average Bonchev–Trinajstić information content (AvgIpc) is 2.99. The molecule has 0 saturated carbocycles. The second-order valence-corrected chi connectivity index (χ2v) is 11.1. The molecule has 0 bridgehead atoms. The third kappa shape index (κ3) is 5.82. The Balaban J connectivity index is 1.73. The molecule has 0 fully saturated rings. The van der Waals surface area contributed by atoms with E-state index in [-0.39, 0.29) is 44.8 Å². The second kappa shape index (κ2) is 11.0. The highest BCUT2D eigenvalue weighted by atomic mass is 19.4. The van der Waals surface area contributed by atoms with Gasteiger partial charge in [-0.25, -0.2) is 0 Å². The Morgan fingerprint density at radius 3 is 1.21 bits per heavy atom. The van der Waals surface area contributed by atoms with Gasteiger partial charge < -0.3 is 10.2 Å². The first-order chi connectivity index (χ1) is 21.9. The Bertz CT molecular complexity index is 2160. The average molecular weight is 657 g/mol. The van der Waals surface area contributed by atoms with Crippen LogP contribution in [0, 0.1) is 6.92 Å². The first-order valence-electron chi connectivity index (χ1n) is 13.9. The van der Waals surface area contributed by atoms with E-state index in [0.717, 1.165) is 12.1 Å². The van der Waals surface area contributed by atoms with Crippen molar-refractivity contribution in [3.63, 3.8) is 0 Å². The second-order valence-electron chi connectivity index (χ2n) is 11.1. The molecule has 0 saturated heterocycles. The molecule has 0 aromatic heterocycles. The number of phenolic OH excluding ortho intramolecular Hbond substituents is 2. The van der Waals surface area contributed by atoms with Crippen molar-refractivity contribution in [3.8, 4) is 44.9 Å². The maximum atomic E-state index is 13.8. The fourth-order valence-corrected chi connectivity index (χ4v) is 5.83. The summed E-state index contributed by atoms with van der Waals surface area (Å²) in [6.45, 7) is 1.45. The van der Waals surface area contributed by atoms with E-state index in [4.69, 9.17) is 0 Å². The van der Waals surface area contributed by atoms with Gasteiger partial charge in [-0.05, 0) is 87.6 Å². The Kier molecular flexibility index (Phi) is 7.41. The lowest BCUT2D eigenvalue weighted by molar-refractivity contribution is -0.143. The van der Waals surface area contributed by atoms with E-state index in [1.807, 2.05) is 0 Å². The number of aryl methyl sites for hydroxylation is 1. The molecule has 47 heavy (non-hydrogen) atoms. The van der Waals surface area contributed by atoms with Gasteiger partial charge in [-0.3, -0.25) is 0 Å². The molecule has 0 aliphatic heterocycles. The summed E-state index contributed by atoms with van der Waals surface area (Å²) in [6.07, 6.45) is -15.0. The van der Waals surface area contributed by atoms with E-state index in [1.54, 1.807) is 36.4 Å². The summed E-state index contributed by atoms with van der Waals surface area (Å²) in [5.74, 6) is -1.30. The van der Waals surface area contributed by atoms with Gasteiger partial charge in [0.15, 0.2) is 0 Å². The Morgan fingerprint density at radius 1 is 0.447 bits per heavy atom. The standard InChI is InChI=1S/C36H21F9O2/c1-18-10-21(12-23(11-18)34(37,38)39)28-15-19-6-2-4-8-26(19)30(32(28)46)31-27-9-5-3-7-20(27)16-29(33(31)47)22-13-24(35(40,41)42)17-25(14-22)36(43,44)45/h2-17,46-47H,1H3. The highest BCUT2D eigenvalue weighted by molar-refractivity contribution is 6.14. The number of halogens is 9. The van der Waals surface area contributed by atoms with Gasteiger partial charge in [-0.2, -0.15) is 39.5 Å². The fourth-order valence-electron chi connectivity index (χ4n) is 5.83. The van der Waals surface area contributed by atoms with Gasteiger partial charge >= 0.3 is 18.5 Å². The van der Waals surface area contributed by atoms with Crippen LogP contribution < -0.4 is 0 Å². The lowest BCUT2D eigenvalue weighted by Gasteiger charge is -2.21. The largest absolute Gasteiger partial charge is 0.507 e. The minimum Gasteiger partial charge on any atom is -0.507 e. The fraction of sp³-hybridized carbons (Fsp3) is 0.111. The quantitative estimate of drug-likeness (QED) is 0.186. The van der Waals surface area contributed by atoms with Crippen molar-refractivity contribution in [1.29, 1.82) is 0 Å². The van der Waals surface area contributed by atoms with Crippen LogP contribution in [-0.2, 0) is 18.5 Å². The summed E-state index contributed by atoms with van der Waals surface area (Å²) in [5.41, 5.74) is -5.15. The van der Waals surface area contributed by atoms with E-state index in [2.05, 4.69) is 0 Å². The molecule has 2 N–H and O–H groups in total. The van der Waals surface area contributed by atoms with Crippen LogP contribution in [0.4, 0.5) is 39.5 Å². The smallest absolute Gasteiger partial charge is 0.416 e. The Morgan fingerprint density at radius 2 is 0.809 bits per heavy atom. The normalized spacial score (nSPS) is 12.6. The highest BCUT2D eigenvalue weighted by Gasteiger charge is 2.38. The van der Waals surface area contributed by atoms with Crippen molar-refractivity contribution in [3.05, 3.63) is 119 Å². The number of hydrogen-bond donors (Lipinski definition) is 2. The zero-order valence-corrected chi connectivity index (χ0v) is 24.0. The summed E-state index contributed by atoms with van der Waals surface area (Å²) in [6, 6.07) is 19.5. The van der Waals surface area contributed by atoms with Crippen LogP contribution in [0.5, 0.6) is 11.5 Å². The van der Waals surface area contributed by atoms with Crippen LogP contribution in [0.15, 0.2) is 97.1 Å². The van der Waals surface area contributed by atoms with Gasteiger partial charge in [-0.1, -0.05) is 54.6 Å². The molecule has 0 unspecified atom stereocenters. The summed E-state index contributed by atoms with van der Waals surface area (Å²) in [7, 11) is 0. The minimum atomic E-state index is -5.16. The van der Waals surface area contributed by atoms with E-state index in [9.17, 15) is 49.7 Å². The molecule has 0 aliphatic rings. The van der Waals surface area contributed by atoms with Crippen LogP contribution in [0.3, 0.4) is 0 Å². The molecule has 0 radical (unpaired) electrons. The molecule has 11 heteroatoms. The number of phenols is 2. The highest BCUT2D eigenvalue weighted by Crippen LogP contribution is 2.52. The van der Waals surface area contributed by atoms with Crippen LogP contribution >= 0.6 is 0 Å². The molecular formula is C36H21F9O2. The molecule has 6 aromatic carbocycles. The first kappa shape index (κ1) is 31.8. The topological polar surface area (TPSA) is 40.5 Å². The zero-order chi connectivity index (χ0) is 34.1. The van der Waals surface area contributed by atoms with Crippen molar-refractivity contribution in [2.24, 2.45) is 0 Å². The Labute approximate surface area is 261 Å². The summed E-state index contributed by atoms with van der Waals surface area (Å²) >= 11 is 0. The monoisotopic (exact) mass is 656 g/mol. The molecule has 240 valence electrons. The summed E-state index contributed by atoms with van der Waals surface area (Å²) < 4.78 is 124. The number of rotatable bonds is 3. The maximum Gasteiger partial charge on any atom is 0.416 e. The SMILES string of the molecule is Cc1cc(-c2cc3ccccc3c(-c3c(O)c(-c4cc(C(F)(F)F)cc(C(F)(F)F)c4)cc4ccccc34)c2O)cc(C(F)(F)F)c1. The van der Waals surface area contributed by atoms with E-state index < -0.39 is 52.3 Å². The van der Waals surface area contributed by atoms with Gasteiger partial charge in [0.1, 0.15) is 11.5 Å². The van der Waals surface area contributed by atoms with E-state index in [0.29, 0.717) is 28.3 Å². The number of aromatic hydroxyl groups is 2. The van der Waals surface area contributed by atoms with Crippen LogP contribution in [0.25, 0.3) is 54.9 Å². The molecule has 6 rings (SSSR count). The molecule has 2 nitrogen and oxygen atoms in total. The van der Waals surface area contributed by atoms with Gasteiger partial charge in [-0.15, -0.1) is 0 Å². The molecule has 6 aromatic rings. The zero-order valence-electron chi connectivity index (χ0n) is 24.0. The molecular weight excluding hydrogens is 635 g/mol. The van der Waals surface area contributed by atoms with Crippen molar-refractivity contribution in [2.45, 2.75) is 25.5 Å². The molecule has 0 heterocycles. The van der Waals surface area contributed by atoms with E-state index >= 15 is 0 Å². The minimum absolute atomic E-state index is 0.00512. The lowest BCUT2D eigenvalue weighted by Crippen LogP contribution is -2.11. The van der Waals surface area contributed by atoms with Crippen LogP contribution in [-0.4, -0.2) is 10.2 Å². The van der Waals surface area contributed by atoms with Crippen molar-refractivity contribution >= 4 is 21.5 Å². The molecule has 0 atom stereocenters. The predicted octanol–water partition coefficient (Wildman–Crippen LogP) is 11.8. The van der Waals surface area contributed by atoms with Gasteiger partial charge in [0.2, 0.25) is 0 Å². The third-order valence-electron chi connectivity index (χ3n) is 7.91. The van der Waals surface area contributed by atoms with Crippen LogP contribution in [0.2, 0.25) is 0 Å². The first-order valence-corrected chi connectivity index (χ1v) is 13.9. The summed E-state index contributed by atoms with van der Waals surface area (Å²) in [4.78, 5) is 0. The number of benzene rings is 6. The van der Waals surface area contributed by atoms with Gasteiger partial charge in [0.05, 0.1) is 16.7 Å². The lowest BCUT2D eigenvalue weighted by atomic mass is 9.85. The van der Waals surface area contributed by atoms with Gasteiger partial charge in [0.25, 0.3) is 0 Å². The van der Waals surface area contributed by atoms with Crippen molar-refractivity contribution in [2.75, 3.05) is 0 Å². The summed E-state index contributed by atoms with van der Waals surface area (Å²) in [5, 5.41) is 24.9. The third-order valence-corrected chi connectivity index (χ3v) is 7.91. The Hall–Kier alpha value is -5.19. The number of alkyl halides is 9. The van der Waals surface area contributed by atoms with Crippen LogP contribution in [0.1, 0.15) is 22.3 Å².